The van der Waals surface area contributed by atoms with Gasteiger partial charge in [-0.15, -0.1) is 0 Å². The van der Waals surface area contributed by atoms with Crippen molar-refractivity contribution in [3.63, 3.8) is 0 Å². The quantitative estimate of drug-likeness (QED) is 0.756. The number of rotatable bonds is 6. The number of aliphatic hydroxyl groups is 1. The number of carbonyl (C=O) groups is 2. The molecule has 7 nitrogen and oxygen atoms in total. The predicted octanol–water partition coefficient (Wildman–Crippen LogP) is 0.952. The Morgan fingerprint density at radius 3 is 2.67 bits per heavy atom. The van der Waals surface area contributed by atoms with Crippen LogP contribution in [0.4, 0.5) is 11.4 Å². The molecule has 0 unspecified atom stereocenters. The lowest BCUT2D eigenvalue weighted by Gasteiger charge is -2.21. The molecule has 0 saturated carbocycles. The van der Waals surface area contributed by atoms with Gasteiger partial charge in [0.15, 0.2) is 0 Å². The summed E-state index contributed by atoms with van der Waals surface area (Å²) in [7, 11) is 1.62. The summed E-state index contributed by atoms with van der Waals surface area (Å²) < 4.78 is 5.47. The predicted molar refractivity (Wildman–Crippen MR) is 90.0 cm³/mol. The summed E-state index contributed by atoms with van der Waals surface area (Å²) >= 11 is 0. The molecule has 1 aromatic carbocycles. The third-order valence-corrected chi connectivity index (χ3v) is 4.24. The van der Waals surface area contributed by atoms with Crippen molar-refractivity contribution in [2.75, 3.05) is 43.6 Å². The van der Waals surface area contributed by atoms with E-state index in [9.17, 15) is 9.59 Å². The average Bonchev–Trinajstić information content (AvgIpc) is 3.20. The summed E-state index contributed by atoms with van der Waals surface area (Å²) in [5.74, 6) is -0.125. The Bertz CT molecular complexity index is 680. The van der Waals surface area contributed by atoms with E-state index in [1.807, 2.05) is 18.2 Å². The van der Waals surface area contributed by atoms with Gasteiger partial charge in [0.25, 0.3) is 11.8 Å². The zero-order valence-electron chi connectivity index (χ0n) is 13.6. The molecule has 0 spiro atoms. The van der Waals surface area contributed by atoms with Crippen LogP contribution >= 0.6 is 0 Å². The van der Waals surface area contributed by atoms with Crippen molar-refractivity contribution in [2.24, 2.45) is 0 Å². The highest BCUT2D eigenvalue weighted by Gasteiger charge is 2.30. The van der Waals surface area contributed by atoms with Crippen LogP contribution in [0.25, 0.3) is 0 Å². The summed E-state index contributed by atoms with van der Waals surface area (Å²) in [5.41, 5.74) is 1.91. The minimum Gasteiger partial charge on any atom is -0.495 e. The van der Waals surface area contributed by atoms with Gasteiger partial charge < -0.3 is 20.1 Å². The SMILES string of the molecule is COc1cc(NC2=CC(=O)N(CCO)C2=O)ccc1N1CCCC1. The lowest BCUT2D eigenvalue weighted by Crippen LogP contribution is -2.34. The van der Waals surface area contributed by atoms with E-state index < -0.39 is 11.8 Å². The highest BCUT2D eigenvalue weighted by Crippen LogP contribution is 2.34. The Kier molecular flexibility index (Phi) is 4.71. The van der Waals surface area contributed by atoms with Crippen LogP contribution in [-0.4, -0.2) is 55.2 Å². The van der Waals surface area contributed by atoms with Gasteiger partial charge in [0.1, 0.15) is 11.4 Å². The highest BCUT2D eigenvalue weighted by molar-refractivity contribution is 6.17. The van der Waals surface area contributed by atoms with Crippen LogP contribution in [0.1, 0.15) is 12.8 Å². The highest BCUT2D eigenvalue weighted by atomic mass is 16.5. The standard InChI is InChI=1S/C17H21N3O4/c1-24-15-10-12(4-5-14(15)19-6-2-3-7-19)18-13-11-16(22)20(8-9-21)17(13)23/h4-5,10-11,18,21H,2-3,6-9H2,1H3. The first-order chi connectivity index (χ1) is 11.6. The van der Waals surface area contributed by atoms with Gasteiger partial charge in [-0.2, -0.15) is 0 Å². The molecule has 3 rings (SSSR count). The Morgan fingerprint density at radius 2 is 2.00 bits per heavy atom. The van der Waals surface area contributed by atoms with E-state index >= 15 is 0 Å². The Hall–Kier alpha value is -2.54. The first-order valence-electron chi connectivity index (χ1n) is 8.02. The van der Waals surface area contributed by atoms with Crippen LogP contribution in [-0.2, 0) is 9.59 Å². The fourth-order valence-corrected chi connectivity index (χ4v) is 3.04. The van der Waals surface area contributed by atoms with Crippen molar-refractivity contribution < 1.29 is 19.4 Å². The smallest absolute Gasteiger partial charge is 0.277 e. The van der Waals surface area contributed by atoms with Crippen LogP contribution in [0.3, 0.4) is 0 Å². The van der Waals surface area contributed by atoms with E-state index in [1.165, 1.54) is 18.9 Å². The van der Waals surface area contributed by atoms with Crippen molar-refractivity contribution in [1.29, 1.82) is 0 Å². The van der Waals surface area contributed by atoms with Gasteiger partial charge in [0.05, 0.1) is 25.9 Å². The maximum absolute atomic E-state index is 12.2. The number of amides is 2. The molecule has 7 heteroatoms. The van der Waals surface area contributed by atoms with Crippen LogP contribution in [0.2, 0.25) is 0 Å². The summed E-state index contributed by atoms with van der Waals surface area (Å²) in [5, 5.41) is 11.9. The van der Waals surface area contributed by atoms with Crippen molar-refractivity contribution >= 4 is 23.2 Å². The number of hydrogen-bond donors (Lipinski definition) is 2. The van der Waals surface area contributed by atoms with Crippen molar-refractivity contribution in [3.05, 3.63) is 30.0 Å². The molecule has 0 atom stereocenters. The zero-order valence-corrected chi connectivity index (χ0v) is 13.6. The number of benzene rings is 1. The van der Waals surface area contributed by atoms with Crippen molar-refractivity contribution in [2.45, 2.75) is 12.8 Å². The molecule has 2 N–H and O–H groups in total. The second kappa shape index (κ2) is 6.92. The topological polar surface area (TPSA) is 82.1 Å². The zero-order chi connectivity index (χ0) is 17.1. The van der Waals surface area contributed by atoms with E-state index in [-0.39, 0.29) is 18.8 Å². The van der Waals surface area contributed by atoms with E-state index in [2.05, 4.69) is 10.2 Å². The van der Waals surface area contributed by atoms with E-state index in [0.29, 0.717) is 5.69 Å². The number of carbonyl (C=O) groups excluding carboxylic acids is 2. The van der Waals surface area contributed by atoms with Crippen LogP contribution in [0.5, 0.6) is 5.75 Å². The minimum absolute atomic E-state index is 0.00341. The molecule has 1 fully saturated rings. The summed E-state index contributed by atoms with van der Waals surface area (Å²) in [4.78, 5) is 27.2. The molecule has 0 radical (unpaired) electrons. The molecule has 2 amide bonds. The van der Waals surface area contributed by atoms with E-state index in [0.717, 1.165) is 29.4 Å². The number of nitrogens with zero attached hydrogens (tertiary/aromatic N) is 2. The largest absolute Gasteiger partial charge is 0.495 e. The third-order valence-electron chi connectivity index (χ3n) is 4.24. The van der Waals surface area contributed by atoms with E-state index in [1.54, 1.807) is 7.11 Å². The van der Waals surface area contributed by atoms with Crippen LogP contribution < -0.4 is 15.0 Å². The fourth-order valence-electron chi connectivity index (χ4n) is 3.04. The molecule has 0 bridgehead atoms. The first kappa shape index (κ1) is 16.3. The van der Waals surface area contributed by atoms with Crippen molar-refractivity contribution in [3.8, 4) is 5.75 Å². The molecule has 0 aliphatic carbocycles. The van der Waals surface area contributed by atoms with Gasteiger partial charge in [-0.3, -0.25) is 14.5 Å². The second-order valence-corrected chi connectivity index (χ2v) is 5.78. The molecule has 2 aliphatic heterocycles. The summed E-state index contributed by atoms with van der Waals surface area (Å²) in [6.45, 7) is 1.77. The molecule has 128 valence electrons. The summed E-state index contributed by atoms with van der Waals surface area (Å²) in [6.07, 6.45) is 3.60. The molecular weight excluding hydrogens is 310 g/mol. The normalized spacial score (nSPS) is 17.5. The van der Waals surface area contributed by atoms with Gasteiger partial charge >= 0.3 is 0 Å². The second-order valence-electron chi connectivity index (χ2n) is 5.78. The third kappa shape index (κ3) is 3.07. The van der Waals surface area contributed by atoms with Crippen LogP contribution in [0, 0.1) is 0 Å². The molecule has 2 aliphatic rings. The number of β-amino-alcohol motifs (C(OH)–C–C–N with tert-alkyl or cyclic N) is 1. The lowest BCUT2D eigenvalue weighted by molar-refractivity contribution is -0.137. The number of ether oxygens (including phenoxy) is 1. The molecule has 1 aromatic rings. The molecule has 1 saturated heterocycles. The van der Waals surface area contributed by atoms with Gasteiger partial charge in [0.2, 0.25) is 0 Å². The van der Waals surface area contributed by atoms with Gasteiger partial charge in [-0.05, 0) is 25.0 Å². The van der Waals surface area contributed by atoms with E-state index in [4.69, 9.17) is 9.84 Å². The number of imide groups is 1. The molecule has 24 heavy (non-hydrogen) atoms. The van der Waals surface area contributed by atoms with Gasteiger partial charge in [-0.25, -0.2) is 0 Å². The maximum atomic E-state index is 12.2. The Balaban J connectivity index is 1.77. The average molecular weight is 331 g/mol. The number of anilines is 2. The number of hydrogen-bond acceptors (Lipinski definition) is 6. The molecular formula is C17H21N3O4. The molecule has 2 heterocycles. The number of aliphatic hydroxyl groups excluding tert-OH is 1. The van der Waals surface area contributed by atoms with Crippen LogP contribution in [0.15, 0.2) is 30.0 Å². The number of methoxy groups -OCH3 is 1. The minimum atomic E-state index is -0.434. The molecule has 0 aromatic heterocycles. The fraction of sp³-hybridized carbons (Fsp3) is 0.412. The maximum Gasteiger partial charge on any atom is 0.277 e. The lowest BCUT2D eigenvalue weighted by atomic mass is 10.2. The monoisotopic (exact) mass is 331 g/mol. The summed E-state index contributed by atoms with van der Waals surface area (Å²) in [6, 6.07) is 5.64. The first-order valence-corrected chi connectivity index (χ1v) is 8.02. The Labute approximate surface area is 140 Å². The Morgan fingerprint density at radius 1 is 1.25 bits per heavy atom. The van der Waals surface area contributed by atoms with Crippen molar-refractivity contribution in [1.82, 2.24) is 4.90 Å². The van der Waals surface area contributed by atoms with Gasteiger partial charge in [0, 0.05) is 30.9 Å². The van der Waals surface area contributed by atoms with Gasteiger partial charge in [-0.1, -0.05) is 0 Å². The number of nitrogens with one attached hydrogen (secondary N) is 1.